The maximum absolute atomic E-state index is 11.9. The molecular weight excluding hydrogens is 204 g/mol. The van der Waals surface area contributed by atoms with Crippen LogP contribution in [0.25, 0.3) is 0 Å². The van der Waals surface area contributed by atoms with Gasteiger partial charge in [0.2, 0.25) is 5.91 Å². The smallest absolute Gasteiger partial charge is 0.223 e. The Morgan fingerprint density at radius 3 is 3.25 bits per heavy atom. The molecule has 1 N–H and O–H groups in total. The lowest BCUT2D eigenvalue weighted by atomic mass is 10.2. The zero-order chi connectivity index (χ0) is 11.4. The first-order valence-electron chi connectivity index (χ1n) is 5.79. The van der Waals surface area contributed by atoms with Crippen LogP contribution in [0.3, 0.4) is 0 Å². The van der Waals surface area contributed by atoms with Crippen molar-refractivity contribution in [2.45, 2.75) is 25.8 Å². The molecule has 0 radical (unpaired) electrons. The summed E-state index contributed by atoms with van der Waals surface area (Å²) in [4.78, 5) is 13.8. The number of piperazine rings is 1. The van der Waals surface area contributed by atoms with Crippen molar-refractivity contribution in [3.8, 4) is 0 Å². The molecule has 2 rings (SSSR count). The first-order chi connectivity index (χ1) is 7.75. The van der Waals surface area contributed by atoms with Gasteiger partial charge >= 0.3 is 0 Å². The van der Waals surface area contributed by atoms with Crippen LogP contribution in [0.5, 0.6) is 0 Å². The molecule has 0 unspecified atom stereocenters. The number of carbonyl (C=O) groups is 1. The number of rotatable bonds is 3. The Labute approximate surface area is 95.6 Å². The van der Waals surface area contributed by atoms with Gasteiger partial charge in [-0.15, -0.1) is 0 Å². The summed E-state index contributed by atoms with van der Waals surface area (Å²) in [7, 11) is 0. The minimum atomic E-state index is 0.227. The van der Waals surface area contributed by atoms with Gasteiger partial charge in [0, 0.05) is 38.5 Å². The van der Waals surface area contributed by atoms with Crippen molar-refractivity contribution in [2.75, 3.05) is 19.6 Å². The summed E-state index contributed by atoms with van der Waals surface area (Å²) in [6.07, 6.45) is 2.89. The van der Waals surface area contributed by atoms with Gasteiger partial charge in [-0.05, 0) is 19.1 Å². The molecule has 1 aliphatic rings. The van der Waals surface area contributed by atoms with Crippen LogP contribution in [0.15, 0.2) is 22.8 Å². The molecule has 88 valence electrons. The minimum Gasteiger partial charge on any atom is -0.469 e. The predicted octanol–water partition coefficient (Wildman–Crippen LogP) is 1.03. The number of nitrogens with zero attached hydrogens (tertiary/aromatic N) is 1. The topological polar surface area (TPSA) is 45.5 Å². The largest absolute Gasteiger partial charge is 0.469 e. The first-order valence-corrected chi connectivity index (χ1v) is 5.79. The van der Waals surface area contributed by atoms with Crippen LogP contribution in [0.4, 0.5) is 0 Å². The van der Waals surface area contributed by atoms with E-state index in [1.807, 2.05) is 17.0 Å². The van der Waals surface area contributed by atoms with Gasteiger partial charge < -0.3 is 14.6 Å². The van der Waals surface area contributed by atoms with Gasteiger partial charge in [0.15, 0.2) is 0 Å². The standard InChI is InChI=1S/C12H18N2O2/c1-10-9-14(7-6-13-10)12(15)5-4-11-3-2-8-16-11/h2-3,8,10,13H,4-7,9H2,1H3/t10-/m1/s1. The molecule has 16 heavy (non-hydrogen) atoms. The first kappa shape index (κ1) is 11.2. The van der Waals surface area contributed by atoms with Crippen molar-refractivity contribution in [3.05, 3.63) is 24.2 Å². The molecule has 2 heterocycles. The maximum Gasteiger partial charge on any atom is 0.223 e. The molecule has 0 spiro atoms. The number of furan rings is 1. The van der Waals surface area contributed by atoms with Crippen LogP contribution in [0.2, 0.25) is 0 Å². The van der Waals surface area contributed by atoms with E-state index in [-0.39, 0.29) is 5.91 Å². The highest BCUT2D eigenvalue weighted by atomic mass is 16.3. The fraction of sp³-hybridized carbons (Fsp3) is 0.583. The molecule has 0 bridgehead atoms. The third-order valence-electron chi connectivity index (χ3n) is 2.89. The summed E-state index contributed by atoms with van der Waals surface area (Å²) < 4.78 is 5.21. The van der Waals surface area contributed by atoms with Crippen molar-refractivity contribution in [1.29, 1.82) is 0 Å². The summed E-state index contributed by atoms with van der Waals surface area (Å²) >= 11 is 0. The summed E-state index contributed by atoms with van der Waals surface area (Å²) in [5.41, 5.74) is 0. The molecule has 0 aliphatic carbocycles. The van der Waals surface area contributed by atoms with Crippen molar-refractivity contribution < 1.29 is 9.21 Å². The Hall–Kier alpha value is -1.29. The summed E-state index contributed by atoms with van der Waals surface area (Å²) in [6.45, 7) is 4.64. The molecule has 4 heteroatoms. The fourth-order valence-corrected chi connectivity index (χ4v) is 2.00. The van der Waals surface area contributed by atoms with Crippen LogP contribution in [-0.2, 0) is 11.2 Å². The third kappa shape index (κ3) is 2.85. The highest BCUT2D eigenvalue weighted by molar-refractivity contribution is 5.76. The third-order valence-corrected chi connectivity index (χ3v) is 2.89. The van der Waals surface area contributed by atoms with Crippen molar-refractivity contribution in [3.63, 3.8) is 0 Å². The Balaban J connectivity index is 1.79. The molecule has 1 atom stereocenters. The Kier molecular flexibility index (Phi) is 3.62. The molecule has 0 aromatic carbocycles. The Morgan fingerprint density at radius 1 is 1.69 bits per heavy atom. The number of carbonyl (C=O) groups excluding carboxylic acids is 1. The Bertz CT molecular complexity index is 335. The zero-order valence-corrected chi connectivity index (χ0v) is 9.61. The average molecular weight is 222 g/mol. The maximum atomic E-state index is 11.9. The molecular formula is C12H18N2O2. The fourth-order valence-electron chi connectivity index (χ4n) is 2.00. The van der Waals surface area contributed by atoms with E-state index >= 15 is 0 Å². The molecule has 1 fully saturated rings. The second kappa shape index (κ2) is 5.16. The van der Waals surface area contributed by atoms with Crippen LogP contribution >= 0.6 is 0 Å². The number of amides is 1. The van der Waals surface area contributed by atoms with Gasteiger partial charge in [-0.1, -0.05) is 0 Å². The van der Waals surface area contributed by atoms with Gasteiger partial charge in [0.1, 0.15) is 5.76 Å². The molecule has 1 amide bonds. The molecule has 1 aliphatic heterocycles. The molecule has 1 aromatic rings. The van der Waals surface area contributed by atoms with E-state index in [4.69, 9.17) is 4.42 Å². The molecule has 0 saturated carbocycles. The van der Waals surface area contributed by atoms with Gasteiger partial charge in [-0.3, -0.25) is 4.79 Å². The zero-order valence-electron chi connectivity index (χ0n) is 9.61. The van der Waals surface area contributed by atoms with Crippen LogP contribution < -0.4 is 5.32 Å². The van der Waals surface area contributed by atoms with Crippen LogP contribution in [0, 0.1) is 0 Å². The van der Waals surface area contributed by atoms with E-state index in [2.05, 4.69) is 12.2 Å². The van der Waals surface area contributed by atoms with Crippen molar-refractivity contribution in [1.82, 2.24) is 10.2 Å². The monoisotopic (exact) mass is 222 g/mol. The van der Waals surface area contributed by atoms with Gasteiger partial charge in [0.25, 0.3) is 0 Å². The summed E-state index contributed by atoms with van der Waals surface area (Å²) in [5, 5.41) is 3.32. The quantitative estimate of drug-likeness (QED) is 0.831. The highest BCUT2D eigenvalue weighted by Crippen LogP contribution is 2.07. The van der Waals surface area contributed by atoms with Crippen LogP contribution in [-0.4, -0.2) is 36.5 Å². The van der Waals surface area contributed by atoms with Crippen LogP contribution in [0.1, 0.15) is 19.1 Å². The predicted molar refractivity (Wildman–Crippen MR) is 61.1 cm³/mol. The number of aryl methyl sites for hydroxylation is 1. The molecule has 4 nitrogen and oxygen atoms in total. The lowest BCUT2D eigenvalue weighted by Gasteiger charge is -2.31. The van der Waals surface area contributed by atoms with Gasteiger partial charge in [-0.2, -0.15) is 0 Å². The average Bonchev–Trinajstić information content (AvgIpc) is 2.78. The van der Waals surface area contributed by atoms with E-state index in [1.54, 1.807) is 6.26 Å². The van der Waals surface area contributed by atoms with E-state index in [1.165, 1.54) is 0 Å². The second-order valence-corrected chi connectivity index (χ2v) is 4.27. The Morgan fingerprint density at radius 2 is 2.56 bits per heavy atom. The summed E-state index contributed by atoms with van der Waals surface area (Å²) in [6, 6.07) is 4.17. The lowest BCUT2D eigenvalue weighted by Crippen LogP contribution is -2.51. The number of hydrogen-bond acceptors (Lipinski definition) is 3. The van der Waals surface area contributed by atoms with E-state index in [9.17, 15) is 4.79 Å². The SMILES string of the molecule is C[C@@H]1CN(C(=O)CCc2ccco2)CCN1. The number of nitrogens with one attached hydrogen (secondary N) is 1. The van der Waals surface area contributed by atoms with E-state index < -0.39 is 0 Å². The van der Waals surface area contributed by atoms with Gasteiger partial charge in [0.05, 0.1) is 6.26 Å². The lowest BCUT2D eigenvalue weighted by molar-refractivity contribution is -0.132. The molecule has 1 aromatic heterocycles. The van der Waals surface area contributed by atoms with Gasteiger partial charge in [-0.25, -0.2) is 0 Å². The molecule has 1 saturated heterocycles. The second-order valence-electron chi connectivity index (χ2n) is 4.27. The van der Waals surface area contributed by atoms with Crippen molar-refractivity contribution >= 4 is 5.91 Å². The highest BCUT2D eigenvalue weighted by Gasteiger charge is 2.20. The van der Waals surface area contributed by atoms with E-state index in [0.717, 1.165) is 25.4 Å². The minimum absolute atomic E-state index is 0.227. The summed E-state index contributed by atoms with van der Waals surface area (Å²) in [5.74, 6) is 1.11. The number of hydrogen-bond donors (Lipinski definition) is 1. The van der Waals surface area contributed by atoms with Crippen molar-refractivity contribution in [2.24, 2.45) is 0 Å². The van der Waals surface area contributed by atoms with E-state index in [0.29, 0.717) is 18.9 Å². The normalized spacial score (nSPS) is 21.1.